The topological polar surface area (TPSA) is 33.8 Å². The second kappa shape index (κ2) is 6.80. The smallest absolute Gasteiger partial charge is 0.161 e. The fourth-order valence-corrected chi connectivity index (χ4v) is 4.24. The van der Waals surface area contributed by atoms with Crippen molar-refractivity contribution in [3.8, 4) is 11.5 Å². The summed E-state index contributed by atoms with van der Waals surface area (Å²) in [5.41, 5.74) is 4.81. The Balaban J connectivity index is 1.57. The fourth-order valence-electron chi connectivity index (χ4n) is 4.24. The molecule has 3 aromatic carbocycles. The number of benzene rings is 3. The molecule has 4 atom stereocenters. The highest BCUT2D eigenvalue weighted by Crippen LogP contribution is 2.56. The summed E-state index contributed by atoms with van der Waals surface area (Å²) in [6.45, 7) is 0. The first-order chi connectivity index (χ1) is 13.8. The van der Waals surface area contributed by atoms with Crippen molar-refractivity contribution >= 4 is 5.71 Å². The highest BCUT2D eigenvalue weighted by molar-refractivity contribution is 6.08. The van der Waals surface area contributed by atoms with Crippen LogP contribution in [0.25, 0.3) is 0 Å². The maximum absolute atomic E-state index is 5.52. The van der Waals surface area contributed by atoms with E-state index in [9.17, 15) is 0 Å². The van der Waals surface area contributed by atoms with Crippen LogP contribution in [0, 0.1) is 0 Å². The predicted octanol–water partition coefficient (Wildman–Crippen LogP) is 4.63. The van der Waals surface area contributed by atoms with E-state index in [1.807, 2.05) is 18.2 Å². The summed E-state index contributed by atoms with van der Waals surface area (Å²) < 4.78 is 10.9. The first-order valence-corrected chi connectivity index (χ1v) is 9.49. The molecule has 1 fully saturated rings. The molecule has 0 spiro atoms. The Morgan fingerprint density at radius 1 is 0.714 bits per heavy atom. The van der Waals surface area contributed by atoms with Gasteiger partial charge in [0.25, 0.3) is 0 Å². The van der Waals surface area contributed by atoms with Crippen molar-refractivity contribution in [3.05, 3.63) is 95.6 Å². The number of hydrogen-bond acceptors (Lipinski definition) is 4. The minimum atomic E-state index is -0.0229. The lowest BCUT2D eigenvalue weighted by Gasteiger charge is -2.16. The minimum absolute atomic E-state index is 0.0229. The van der Waals surface area contributed by atoms with Gasteiger partial charge in [0.2, 0.25) is 0 Å². The van der Waals surface area contributed by atoms with E-state index in [-0.39, 0.29) is 6.17 Å². The van der Waals surface area contributed by atoms with E-state index in [0.717, 1.165) is 22.8 Å². The molecule has 0 aromatic heterocycles. The van der Waals surface area contributed by atoms with Gasteiger partial charge >= 0.3 is 0 Å². The molecular weight excluding hydrogens is 348 g/mol. The van der Waals surface area contributed by atoms with Crippen LogP contribution >= 0.6 is 0 Å². The van der Waals surface area contributed by atoms with Gasteiger partial charge in [-0.15, -0.1) is 0 Å². The molecule has 1 unspecified atom stereocenters. The van der Waals surface area contributed by atoms with Gasteiger partial charge in [0.15, 0.2) is 11.5 Å². The Labute approximate surface area is 165 Å². The molecule has 2 aliphatic heterocycles. The third-order valence-corrected chi connectivity index (χ3v) is 5.59. The third kappa shape index (κ3) is 2.69. The highest BCUT2D eigenvalue weighted by Gasteiger charge is 2.59. The number of rotatable bonds is 5. The van der Waals surface area contributed by atoms with Crippen LogP contribution in [0.3, 0.4) is 0 Å². The van der Waals surface area contributed by atoms with Crippen LogP contribution in [0.15, 0.2) is 83.9 Å². The summed E-state index contributed by atoms with van der Waals surface area (Å²) >= 11 is 0. The zero-order valence-electron chi connectivity index (χ0n) is 15.9. The monoisotopic (exact) mass is 370 g/mol. The molecular formula is C24H22N2O2. The Hall–Kier alpha value is -3.11. The average Bonchev–Trinajstić information content (AvgIpc) is 3.38. The van der Waals surface area contributed by atoms with E-state index >= 15 is 0 Å². The third-order valence-electron chi connectivity index (χ3n) is 5.59. The van der Waals surface area contributed by atoms with Gasteiger partial charge in [-0.3, -0.25) is 9.89 Å². The van der Waals surface area contributed by atoms with Crippen molar-refractivity contribution in [1.29, 1.82) is 0 Å². The maximum Gasteiger partial charge on any atom is 0.161 e. The standard InChI is InChI=1S/C24H22N2O2/c1-27-19-14-13-18(15-20(19)28-2)24-25-21(16-9-5-3-6-10-16)23-22(26(23)24)17-11-7-4-8-12-17/h3-15,22-24H,1-2H3/t22-,23+,24+,26?/m0/s1. The van der Waals surface area contributed by atoms with Gasteiger partial charge in [-0.25, -0.2) is 0 Å². The lowest BCUT2D eigenvalue weighted by molar-refractivity contribution is 0.351. The van der Waals surface area contributed by atoms with Crippen LogP contribution in [0.5, 0.6) is 11.5 Å². The minimum Gasteiger partial charge on any atom is -0.493 e. The molecule has 4 heteroatoms. The molecule has 0 aliphatic carbocycles. The highest BCUT2D eigenvalue weighted by atomic mass is 16.5. The zero-order chi connectivity index (χ0) is 19.1. The van der Waals surface area contributed by atoms with Crippen LogP contribution in [0.2, 0.25) is 0 Å². The second-order valence-corrected chi connectivity index (χ2v) is 7.12. The number of methoxy groups -OCH3 is 2. The van der Waals surface area contributed by atoms with Crippen LogP contribution in [0.1, 0.15) is 28.9 Å². The summed E-state index contributed by atoms with van der Waals surface area (Å²) in [7, 11) is 3.33. The van der Waals surface area contributed by atoms with Crippen LogP contribution < -0.4 is 9.47 Å². The second-order valence-electron chi connectivity index (χ2n) is 7.12. The van der Waals surface area contributed by atoms with E-state index in [1.54, 1.807) is 14.2 Å². The van der Waals surface area contributed by atoms with Crippen molar-refractivity contribution in [3.63, 3.8) is 0 Å². The van der Waals surface area contributed by atoms with E-state index in [4.69, 9.17) is 14.5 Å². The molecule has 0 N–H and O–H groups in total. The molecule has 0 bridgehead atoms. The van der Waals surface area contributed by atoms with Gasteiger partial charge in [0.05, 0.1) is 32.0 Å². The number of aliphatic imine (C=N–C) groups is 1. The normalized spacial score (nSPS) is 25.0. The van der Waals surface area contributed by atoms with E-state index in [0.29, 0.717) is 12.1 Å². The molecule has 0 amide bonds. The number of ether oxygens (including phenoxy) is 2. The summed E-state index contributed by atoms with van der Waals surface area (Å²) in [5, 5.41) is 0. The van der Waals surface area contributed by atoms with Crippen molar-refractivity contribution in [2.75, 3.05) is 14.2 Å². The molecule has 1 saturated heterocycles. The van der Waals surface area contributed by atoms with Gasteiger partial charge in [0, 0.05) is 0 Å². The molecule has 0 radical (unpaired) electrons. The molecule has 2 heterocycles. The summed E-state index contributed by atoms with van der Waals surface area (Å²) in [4.78, 5) is 7.58. The van der Waals surface area contributed by atoms with Gasteiger partial charge in [-0.2, -0.15) is 0 Å². The van der Waals surface area contributed by atoms with Gasteiger partial charge in [-0.1, -0.05) is 66.7 Å². The first-order valence-electron chi connectivity index (χ1n) is 9.49. The zero-order valence-corrected chi connectivity index (χ0v) is 15.9. The molecule has 0 saturated carbocycles. The number of fused-ring (bicyclic) bond motifs is 1. The molecule has 3 aromatic rings. The van der Waals surface area contributed by atoms with Gasteiger partial charge < -0.3 is 9.47 Å². The van der Waals surface area contributed by atoms with Crippen molar-refractivity contribution < 1.29 is 9.47 Å². The van der Waals surface area contributed by atoms with Crippen LogP contribution in [-0.4, -0.2) is 30.9 Å². The Morgan fingerprint density at radius 3 is 2.07 bits per heavy atom. The van der Waals surface area contributed by atoms with Gasteiger partial charge in [-0.05, 0) is 28.8 Å². The largest absolute Gasteiger partial charge is 0.493 e. The number of nitrogens with zero attached hydrogens (tertiary/aromatic N) is 2. The first kappa shape index (κ1) is 17.0. The molecule has 2 aliphatic rings. The Bertz CT molecular complexity index is 1020. The summed E-state index contributed by atoms with van der Waals surface area (Å²) in [5.74, 6) is 1.47. The molecule has 28 heavy (non-hydrogen) atoms. The van der Waals surface area contributed by atoms with Gasteiger partial charge in [0.1, 0.15) is 6.17 Å². The van der Waals surface area contributed by atoms with Crippen molar-refractivity contribution in [1.82, 2.24) is 4.90 Å². The van der Waals surface area contributed by atoms with E-state index < -0.39 is 0 Å². The van der Waals surface area contributed by atoms with Crippen molar-refractivity contribution in [2.24, 2.45) is 4.99 Å². The SMILES string of the molecule is COc1ccc([C@@H]2N=C(c3ccccc3)[C@@H]3[C@H](c4ccccc4)N32)cc1OC. The lowest BCUT2D eigenvalue weighted by atomic mass is 10.0. The quantitative estimate of drug-likeness (QED) is 0.614. The maximum atomic E-state index is 5.52. The van der Waals surface area contributed by atoms with E-state index in [2.05, 4.69) is 65.6 Å². The number of hydrogen-bond donors (Lipinski definition) is 0. The lowest BCUT2D eigenvalue weighted by Crippen LogP contribution is -2.08. The van der Waals surface area contributed by atoms with Crippen molar-refractivity contribution in [2.45, 2.75) is 18.2 Å². The summed E-state index contributed by atoms with van der Waals surface area (Å²) in [6, 6.07) is 27.9. The summed E-state index contributed by atoms with van der Waals surface area (Å²) in [6.07, 6.45) is -0.0229. The van der Waals surface area contributed by atoms with Crippen LogP contribution in [0.4, 0.5) is 0 Å². The molecule has 140 valence electrons. The average molecular weight is 370 g/mol. The predicted molar refractivity (Wildman–Crippen MR) is 110 cm³/mol. The fraction of sp³-hybridized carbons (Fsp3) is 0.208. The molecule has 5 rings (SSSR count). The van der Waals surface area contributed by atoms with E-state index in [1.165, 1.54) is 11.1 Å². The Morgan fingerprint density at radius 2 is 1.39 bits per heavy atom. The Kier molecular flexibility index (Phi) is 4.14. The van der Waals surface area contributed by atoms with Crippen LogP contribution in [-0.2, 0) is 0 Å². The molecule has 4 nitrogen and oxygen atoms in total.